The molecule has 0 fully saturated rings. The third-order valence-electron chi connectivity index (χ3n) is 15.1. The van der Waals surface area contributed by atoms with Gasteiger partial charge in [0.15, 0.2) is 0 Å². The Morgan fingerprint density at radius 2 is 0.780 bits per heavy atom. The number of allylic oxidation sites excluding steroid dienone is 13. The minimum absolute atomic E-state index is 0.0352. The third kappa shape index (κ3) is 61.7. The topological polar surface area (TPSA) is 111 Å². The summed E-state index contributed by atoms with van der Waals surface area (Å²) in [6.45, 7) is 6.91. The minimum Gasteiger partial charge on any atom is -0.456 e. The normalized spacial score (nSPS) is 14.1. The average Bonchev–Trinajstić information content (AvgIpc) is 3.47. The van der Waals surface area contributed by atoms with E-state index in [0.29, 0.717) is 17.4 Å². The summed E-state index contributed by atoms with van der Waals surface area (Å²) in [5.41, 5.74) is 0. The number of likely N-dealkylation sites (N-methyl/N-ethyl adjacent to an activating group) is 1. The molecule has 0 aliphatic heterocycles. The lowest BCUT2D eigenvalue weighted by atomic mass is 10.0. The Balaban J connectivity index is 5.15. The molecule has 9 nitrogen and oxygen atoms in total. The largest absolute Gasteiger partial charge is 0.472 e. The molecule has 0 bridgehead atoms. The van der Waals surface area contributed by atoms with Crippen LogP contribution < -0.4 is 5.32 Å². The van der Waals surface area contributed by atoms with Gasteiger partial charge in [-0.15, -0.1) is 0 Å². The van der Waals surface area contributed by atoms with E-state index in [1.807, 2.05) is 33.3 Å². The lowest BCUT2D eigenvalue weighted by Gasteiger charge is -2.27. The third-order valence-corrected chi connectivity index (χ3v) is 16.1. The van der Waals surface area contributed by atoms with Crippen LogP contribution in [0.4, 0.5) is 0 Å². The maximum absolute atomic E-state index is 13.6. The molecule has 0 saturated carbocycles. The van der Waals surface area contributed by atoms with E-state index in [-0.39, 0.29) is 31.5 Å². The molecule has 1 amide bonds. The molecular formula is C72H132N2O7P+. The molecule has 2 N–H and O–H groups in total. The molecule has 0 heterocycles. The molecule has 0 aliphatic rings. The highest BCUT2D eigenvalue weighted by atomic mass is 31.2. The molecule has 10 heteroatoms. The fraction of sp³-hybridized carbons (Fsp3) is 0.778. The van der Waals surface area contributed by atoms with Crippen LogP contribution in [0.5, 0.6) is 0 Å². The molecule has 0 aromatic heterocycles. The number of unbranched alkanes of at least 4 members (excludes halogenated alkanes) is 34. The Morgan fingerprint density at radius 3 is 1.18 bits per heavy atom. The molecule has 82 heavy (non-hydrogen) atoms. The van der Waals surface area contributed by atoms with Crippen LogP contribution in [-0.4, -0.2) is 74.3 Å². The highest BCUT2D eigenvalue weighted by Gasteiger charge is 2.30. The van der Waals surface area contributed by atoms with Gasteiger partial charge in [0.2, 0.25) is 5.91 Å². The zero-order valence-corrected chi connectivity index (χ0v) is 55.4. The summed E-state index contributed by atoms with van der Waals surface area (Å²) in [6.07, 6.45) is 81.6. The molecule has 0 spiro atoms. The number of carbonyl (C=O) groups is 2. The Morgan fingerprint density at radius 1 is 0.439 bits per heavy atom. The number of nitrogens with one attached hydrogen (secondary N) is 1. The summed E-state index contributed by atoms with van der Waals surface area (Å²) < 4.78 is 30.8. The summed E-state index contributed by atoms with van der Waals surface area (Å²) in [5.74, 6) is -0.513. The van der Waals surface area contributed by atoms with E-state index in [0.717, 1.165) is 103 Å². The predicted molar refractivity (Wildman–Crippen MR) is 355 cm³/mol. The van der Waals surface area contributed by atoms with Gasteiger partial charge in [-0.05, 0) is 102 Å². The van der Waals surface area contributed by atoms with Crippen LogP contribution in [0.15, 0.2) is 85.1 Å². The molecule has 0 aromatic carbocycles. The number of carbonyl (C=O) groups excluding carboxylic acids is 2. The number of phosphoric ester groups is 1. The van der Waals surface area contributed by atoms with Gasteiger partial charge in [0, 0.05) is 12.8 Å². The van der Waals surface area contributed by atoms with Gasteiger partial charge in [-0.2, -0.15) is 0 Å². The Kier molecular flexibility index (Phi) is 59.2. The summed E-state index contributed by atoms with van der Waals surface area (Å²) in [7, 11) is 1.49. The molecule has 3 unspecified atom stereocenters. The van der Waals surface area contributed by atoms with Gasteiger partial charge >= 0.3 is 13.8 Å². The molecule has 0 rings (SSSR count). The number of phosphoric acid groups is 1. The van der Waals surface area contributed by atoms with Gasteiger partial charge in [-0.3, -0.25) is 18.6 Å². The van der Waals surface area contributed by atoms with E-state index in [1.54, 1.807) is 0 Å². The van der Waals surface area contributed by atoms with Crippen molar-refractivity contribution in [2.24, 2.45) is 0 Å². The van der Waals surface area contributed by atoms with Gasteiger partial charge in [-0.1, -0.05) is 280 Å². The van der Waals surface area contributed by atoms with Crippen LogP contribution in [0.25, 0.3) is 0 Å². The summed E-state index contributed by atoms with van der Waals surface area (Å²) >= 11 is 0. The van der Waals surface area contributed by atoms with Crippen molar-refractivity contribution < 1.29 is 37.3 Å². The van der Waals surface area contributed by atoms with E-state index < -0.39 is 20.0 Å². The second-order valence-corrected chi connectivity index (χ2v) is 25.8. The van der Waals surface area contributed by atoms with Crippen molar-refractivity contribution in [1.82, 2.24) is 5.32 Å². The molecule has 0 aromatic rings. The highest BCUT2D eigenvalue weighted by molar-refractivity contribution is 7.47. The first kappa shape index (κ1) is 79.2. The summed E-state index contributed by atoms with van der Waals surface area (Å²) in [4.78, 5) is 37.9. The number of hydrogen-bond acceptors (Lipinski definition) is 6. The second kappa shape index (κ2) is 61.3. The first-order valence-corrected chi connectivity index (χ1v) is 35.9. The van der Waals surface area contributed by atoms with E-state index in [1.165, 1.54) is 173 Å². The zero-order chi connectivity index (χ0) is 60.0. The first-order chi connectivity index (χ1) is 39.9. The maximum atomic E-state index is 13.6. The van der Waals surface area contributed by atoms with E-state index >= 15 is 0 Å². The summed E-state index contributed by atoms with van der Waals surface area (Å²) in [6, 6.07) is -0.859. The Bertz CT molecular complexity index is 1680. The van der Waals surface area contributed by atoms with Crippen LogP contribution >= 0.6 is 7.82 Å². The first-order valence-electron chi connectivity index (χ1n) is 34.4. The van der Waals surface area contributed by atoms with Crippen molar-refractivity contribution in [2.45, 2.75) is 322 Å². The molecule has 476 valence electrons. The minimum atomic E-state index is -4.46. The standard InChI is InChI=1S/C72H131N2O7P/c1-7-10-13-16-19-22-25-28-30-32-34-36-37-39-40-42-44-46-49-52-55-58-61-64-71(75)73-69(68-80-82(77,78)79-67-66-74(4,5)6)70(63-60-57-54-51-48-27-24-21-18-15-12-9-3)81-72(76)65-62-59-56-53-50-47-45-43-41-38-35-33-31-29-26-23-20-17-14-11-8-2/h10,13,19,22,28-31,34,36,39-40,60,63,69-70H,7-9,11-12,14-18,20-21,23-27,32-33,35,37-38,41-59,61-62,64-68H2,1-6H3,(H-,73,75,77,78)/p+1/b13-10-,22-19-,30-28-,31-29+,36-34-,40-39-,63-60+. The number of nitrogens with zero attached hydrogens (tertiary/aromatic N) is 1. The van der Waals surface area contributed by atoms with Crippen LogP contribution in [0, 0.1) is 0 Å². The van der Waals surface area contributed by atoms with Crippen LogP contribution in [0.2, 0.25) is 0 Å². The number of rotatable bonds is 62. The number of quaternary nitrogens is 1. The quantitative estimate of drug-likeness (QED) is 0.0205. The van der Waals surface area contributed by atoms with Crippen molar-refractivity contribution in [3.8, 4) is 0 Å². The fourth-order valence-corrected chi connectivity index (χ4v) is 10.5. The van der Waals surface area contributed by atoms with Gasteiger partial charge in [0.25, 0.3) is 0 Å². The molecule has 0 aliphatic carbocycles. The number of amides is 1. The van der Waals surface area contributed by atoms with Gasteiger partial charge in [-0.25, -0.2) is 4.57 Å². The maximum Gasteiger partial charge on any atom is 0.472 e. The Labute approximate surface area is 507 Å². The Hall–Kier alpha value is -2.81. The predicted octanol–water partition coefficient (Wildman–Crippen LogP) is 21.7. The molecule has 3 atom stereocenters. The van der Waals surface area contributed by atoms with E-state index in [9.17, 15) is 19.0 Å². The number of esters is 1. The average molecular weight is 1170 g/mol. The monoisotopic (exact) mass is 1170 g/mol. The lowest BCUT2D eigenvalue weighted by molar-refractivity contribution is -0.870. The van der Waals surface area contributed by atoms with E-state index in [2.05, 4.69) is 99.0 Å². The second-order valence-electron chi connectivity index (χ2n) is 24.3. The van der Waals surface area contributed by atoms with Crippen LogP contribution in [0.3, 0.4) is 0 Å². The fourth-order valence-electron chi connectivity index (χ4n) is 9.79. The van der Waals surface area contributed by atoms with Crippen LogP contribution in [0.1, 0.15) is 310 Å². The van der Waals surface area contributed by atoms with Crippen molar-refractivity contribution in [3.05, 3.63) is 85.1 Å². The van der Waals surface area contributed by atoms with Gasteiger partial charge in [0.05, 0.1) is 33.8 Å². The van der Waals surface area contributed by atoms with Gasteiger partial charge in [0.1, 0.15) is 19.3 Å². The summed E-state index contributed by atoms with van der Waals surface area (Å²) in [5, 5.41) is 3.06. The van der Waals surface area contributed by atoms with Crippen molar-refractivity contribution >= 4 is 19.7 Å². The zero-order valence-electron chi connectivity index (χ0n) is 54.5. The highest BCUT2D eigenvalue weighted by Crippen LogP contribution is 2.43. The van der Waals surface area contributed by atoms with Crippen LogP contribution in [-0.2, 0) is 27.9 Å². The van der Waals surface area contributed by atoms with Gasteiger partial charge < -0.3 is 19.4 Å². The molecular weight excluding hydrogens is 1040 g/mol. The van der Waals surface area contributed by atoms with E-state index in [4.69, 9.17) is 13.8 Å². The molecule has 0 radical (unpaired) electrons. The molecule has 0 saturated heterocycles. The SMILES string of the molecule is CC/C=C\C/C=C\C/C=C\C/C=C\C/C=C\CCCCCCCCCC(=O)NC(COP(=O)(O)OCC[N+](C)(C)C)C(/C=C/CCCCCCCCCCCC)OC(=O)CCCCCCCCCCCCC/C=C/CCCCCCCC. The number of ether oxygens (including phenoxy) is 1. The lowest BCUT2D eigenvalue weighted by Crippen LogP contribution is -2.47. The smallest absolute Gasteiger partial charge is 0.456 e. The van der Waals surface area contributed by atoms with Crippen molar-refractivity contribution in [3.63, 3.8) is 0 Å². The van der Waals surface area contributed by atoms with Crippen molar-refractivity contribution in [1.29, 1.82) is 0 Å². The van der Waals surface area contributed by atoms with Crippen molar-refractivity contribution in [2.75, 3.05) is 40.9 Å². The number of hydrogen-bond donors (Lipinski definition) is 2.